The van der Waals surface area contributed by atoms with Crippen LogP contribution in [-0.2, 0) is 9.31 Å². The molecule has 1 N–H and O–H groups in total. The Morgan fingerprint density at radius 1 is 1.21 bits per heavy atom. The van der Waals surface area contributed by atoms with E-state index in [0.29, 0.717) is 0 Å². The second-order valence-corrected chi connectivity index (χ2v) is 3.26. The maximum absolute atomic E-state index is 5.54. The number of anilines is 1. The molecule has 1 aliphatic heterocycles. The number of rotatable bonds is 2. The van der Waals surface area contributed by atoms with E-state index in [4.69, 9.17) is 9.31 Å². The zero-order chi connectivity index (χ0) is 9.80. The topological polar surface area (TPSA) is 30.5 Å². The van der Waals surface area contributed by atoms with Crippen LogP contribution in [0.2, 0.25) is 0 Å². The van der Waals surface area contributed by atoms with Gasteiger partial charge in [0.15, 0.2) is 0 Å². The Labute approximate surface area is 84.6 Å². The van der Waals surface area contributed by atoms with E-state index in [2.05, 4.69) is 5.32 Å². The van der Waals surface area contributed by atoms with Crippen molar-refractivity contribution in [2.45, 2.75) is 6.42 Å². The molecule has 1 heterocycles. The molecular weight excluding hydrogens is 177 g/mol. The van der Waals surface area contributed by atoms with Gasteiger partial charge in [-0.25, -0.2) is 0 Å². The lowest BCUT2D eigenvalue weighted by atomic mass is 9.77. The summed E-state index contributed by atoms with van der Waals surface area (Å²) in [6.07, 6.45) is 0.984. The predicted molar refractivity (Wildman–Crippen MR) is 57.9 cm³/mol. The summed E-state index contributed by atoms with van der Waals surface area (Å²) < 4.78 is 11.1. The van der Waals surface area contributed by atoms with Crippen LogP contribution in [0.5, 0.6) is 0 Å². The number of hydrogen-bond donors (Lipinski definition) is 1. The molecule has 0 aliphatic carbocycles. The van der Waals surface area contributed by atoms with E-state index in [9.17, 15) is 0 Å². The molecule has 0 atom stereocenters. The first-order chi connectivity index (χ1) is 6.92. The van der Waals surface area contributed by atoms with Crippen LogP contribution >= 0.6 is 0 Å². The van der Waals surface area contributed by atoms with Gasteiger partial charge in [0.1, 0.15) is 0 Å². The zero-order valence-electron chi connectivity index (χ0n) is 8.32. The van der Waals surface area contributed by atoms with E-state index in [1.54, 1.807) is 0 Å². The lowest BCUT2D eigenvalue weighted by Gasteiger charge is -2.21. The number of benzene rings is 1. The highest BCUT2D eigenvalue weighted by Gasteiger charge is 2.26. The van der Waals surface area contributed by atoms with Gasteiger partial charge in [0.2, 0.25) is 0 Å². The van der Waals surface area contributed by atoms with Gasteiger partial charge in [0, 0.05) is 31.4 Å². The SMILES string of the molecule is CNc1ccccc1B1OCCCO1. The molecule has 0 unspecified atom stereocenters. The van der Waals surface area contributed by atoms with E-state index in [-0.39, 0.29) is 7.12 Å². The molecule has 0 radical (unpaired) electrons. The molecule has 1 aromatic rings. The molecule has 1 aliphatic rings. The van der Waals surface area contributed by atoms with Gasteiger partial charge in [-0.2, -0.15) is 0 Å². The fourth-order valence-corrected chi connectivity index (χ4v) is 1.60. The smallest absolute Gasteiger partial charge is 0.407 e. The molecule has 3 nitrogen and oxygen atoms in total. The van der Waals surface area contributed by atoms with Gasteiger partial charge in [-0.15, -0.1) is 0 Å². The summed E-state index contributed by atoms with van der Waals surface area (Å²) in [4.78, 5) is 0. The Balaban J connectivity index is 2.20. The van der Waals surface area contributed by atoms with Gasteiger partial charge in [-0.3, -0.25) is 0 Å². The van der Waals surface area contributed by atoms with Gasteiger partial charge in [0.25, 0.3) is 0 Å². The lowest BCUT2D eigenvalue weighted by molar-refractivity contribution is 0.143. The third-order valence-corrected chi connectivity index (χ3v) is 2.31. The summed E-state index contributed by atoms with van der Waals surface area (Å²) in [7, 11) is 1.70. The first-order valence-corrected chi connectivity index (χ1v) is 4.91. The second kappa shape index (κ2) is 4.48. The van der Waals surface area contributed by atoms with Crippen LogP contribution in [0, 0.1) is 0 Å². The molecule has 1 fully saturated rings. The van der Waals surface area contributed by atoms with Gasteiger partial charge < -0.3 is 14.6 Å². The summed E-state index contributed by atoms with van der Waals surface area (Å²) in [6.45, 7) is 1.56. The van der Waals surface area contributed by atoms with Crippen LogP contribution in [0.3, 0.4) is 0 Å². The van der Waals surface area contributed by atoms with Crippen LogP contribution < -0.4 is 10.8 Å². The third-order valence-electron chi connectivity index (χ3n) is 2.31. The largest absolute Gasteiger partial charge is 0.495 e. The minimum Gasteiger partial charge on any atom is -0.407 e. The van der Waals surface area contributed by atoms with Crippen LogP contribution in [-0.4, -0.2) is 27.4 Å². The van der Waals surface area contributed by atoms with Crippen LogP contribution in [0.4, 0.5) is 5.69 Å². The lowest BCUT2D eigenvalue weighted by Crippen LogP contribution is -2.41. The normalized spacial score (nSPS) is 16.8. The van der Waals surface area contributed by atoms with Crippen LogP contribution in [0.15, 0.2) is 24.3 Å². The molecule has 1 saturated heterocycles. The zero-order valence-corrected chi connectivity index (χ0v) is 8.32. The number of hydrogen-bond acceptors (Lipinski definition) is 3. The highest BCUT2D eigenvalue weighted by atomic mass is 16.6. The standard InChI is InChI=1S/C10H14BNO2/c1-12-10-6-3-2-5-9(10)11-13-7-4-8-14-11/h2-3,5-6,12H,4,7-8H2,1H3. The maximum atomic E-state index is 5.54. The molecule has 2 rings (SSSR count). The summed E-state index contributed by atoms with van der Waals surface area (Å²) in [5.41, 5.74) is 2.15. The quantitative estimate of drug-likeness (QED) is 0.703. The van der Waals surface area contributed by atoms with Crippen molar-refractivity contribution in [2.75, 3.05) is 25.6 Å². The van der Waals surface area contributed by atoms with Crippen molar-refractivity contribution in [3.8, 4) is 0 Å². The number of nitrogens with one attached hydrogen (secondary N) is 1. The summed E-state index contributed by atoms with van der Waals surface area (Å²) in [5, 5.41) is 3.13. The predicted octanol–water partition coefficient (Wildman–Crippen LogP) is 0.860. The number of para-hydroxylation sites is 1. The van der Waals surface area contributed by atoms with Crippen molar-refractivity contribution in [1.29, 1.82) is 0 Å². The molecule has 14 heavy (non-hydrogen) atoms. The van der Waals surface area contributed by atoms with Crippen molar-refractivity contribution < 1.29 is 9.31 Å². The molecule has 0 bridgehead atoms. The highest BCUT2D eigenvalue weighted by molar-refractivity contribution is 6.63. The van der Waals surface area contributed by atoms with Crippen LogP contribution in [0.1, 0.15) is 6.42 Å². The maximum Gasteiger partial charge on any atom is 0.495 e. The van der Waals surface area contributed by atoms with E-state index in [1.807, 2.05) is 31.3 Å². The van der Waals surface area contributed by atoms with Crippen molar-refractivity contribution in [3.63, 3.8) is 0 Å². The highest BCUT2D eigenvalue weighted by Crippen LogP contribution is 2.08. The minimum atomic E-state index is -0.201. The molecule has 1 aromatic carbocycles. The molecule has 4 heteroatoms. The summed E-state index contributed by atoms with van der Waals surface area (Å²) >= 11 is 0. The first-order valence-electron chi connectivity index (χ1n) is 4.91. The van der Waals surface area contributed by atoms with Gasteiger partial charge in [-0.05, 0) is 12.5 Å². The Morgan fingerprint density at radius 2 is 1.93 bits per heavy atom. The Bertz CT molecular complexity index is 300. The van der Waals surface area contributed by atoms with E-state index in [0.717, 1.165) is 30.8 Å². The first kappa shape index (κ1) is 9.56. The summed E-state index contributed by atoms with van der Waals surface area (Å²) in [5.74, 6) is 0. The van der Waals surface area contributed by atoms with Gasteiger partial charge in [-0.1, -0.05) is 18.2 Å². The fourth-order valence-electron chi connectivity index (χ4n) is 1.60. The van der Waals surface area contributed by atoms with Crippen molar-refractivity contribution in [1.82, 2.24) is 0 Å². The third kappa shape index (κ3) is 1.91. The Kier molecular flexibility index (Phi) is 3.06. The minimum absolute atomic E-state index is 0.201. The average Bonchev–Trinajstić information content (AvgIpc) is 2.30. The average molecular weight is 191 g/mol. The van der Waals surface area contributed by atoms with Crippen molar-refractivity contribution in [3.05, 3.63) is 24.3 Å². The molecule has 74 valence electrons. The van der Waals surface area contributed by atoms with Crippen molar-refractivity contribution in [2.24, 2.45) is 0 Å². The molecule has 0 amide bonds. The molecular formula is C10H14BNO2. The van der Waals surface area contributed by atoms with E-state index in [1.165, 1.54) is 0 Å². The molecule has 0 aromatic heterocycles. The molecule has 0 spiro atoms. The summed E-state index contributed by atoms with van der Waals surface area (Å²) in [6, 6.07) is 8.05. The monoisotopic (exact) mass is 191 g/mol. The van der Waals surface area contributed by atoms with Crippen LogP contribution in [0.25, 0.3) is 0 Å². The van der Waals surface area contributed by atoms with E-state index < -0.39 is 0 Å². The van der Waals surface area contributed by atoms with E-state index >= 15 is 0 Å². The second-order valence-electron chi connectivity index (χ2n) is 3.26. The van der Waals surface area contributed by atoms with Gasteiger partial charge in [0.05, 0.1) is 0 Å². The van der Waals surface area contributed by atoms with Gasteiger partial charge >= 0.3 is 7.12 Å². The fraction of sp³-hybridized carbons (Fsp3) is 0.400. The Morgan fingerprint density at radius 3 is 2.64 bits per heavy atom. The van der Waals surface area contributed by atoms with Crippen molar-refractivity contribution >= 4 is 18.3 Å². The molecule has 0 saturated carbocycles. The Hall–Kier alpha value is -0.995.